The van der Waals surface area contributed by atoms with Crippen LogP contribution in [0.3, 0.4) is 0 Å². The van der Waals surface area contributed by atoms with E-state index in [1.807, 2.05) is 24.3 Å². The molecule has 1 saturated heterocycles. The Morgan fingerprint density at radius 1 is 1.00 bits per heavy atom. The van der Waals surface area contributed by atoms with Gasteiger partial charge in [0.1, 0.15) is 11.3 Å². The van der Waals surface area contributed by atoms with E-state index in [1.54, 1.807) is 26.2 Å². The van der Waals surface area contributed by atoms with Crippen LogP contribution in [0.2, 0.25) is 0 Å². The third-order valence-corrected chi connectivity index (χ3v) is 7.25. The summed E-state index contributed by atoms with van der Waals surface area (Å²) < 4.78 is 12.3. The van der Waals surface area contributed by atoms with E-state index in [2.05, 4.69) is 37.2 Å². The Morgan fingerprint density at radius 2 is 1.71 bits per heavy atom. The van der Waals surface area contributed by atoms with Gasteiger partial charge >= 0.3 is 12.0 Å². The van der Waals surface area contributed by atoms with Crippen LogP contribution in [0.4, 0.5) is 10.5 Å². The normalized spacial score (nSPS) is 14.5. The molecule has 0 unspecified atom stereocenters. The summed E-state index contributed by atoms with van der Waals surface area (Å²) in [4.78, 5) is 51.3. The lowest BCUT2D eigenvalue weighted by Gasteiger charge is -2.26. The minimum Gasteiger partial charge on any atom is -0.496 e. The molecule has 1 heterocycles. The number of methoxy groups -OCH3 is 1. The number of hydrogen-bond donors (Lipinski definition) is 1. The van der Waals surface area contributed by atoms with Crippen LogP contribution in [0, 0.1) is 0 Å². The molecule has 1 aliphatic rings. The number of anilines is 1. The summed E-state index contributed by atoms with van der Waals surface area (Å²) in [7, 11) is 1.54. The minimum absolute atomic E-state index is 0.196. The highest BCUT2D eigenvalue weighted by molar-refractivity contribution is 9.10. The summed E-state index contributed by atoms with van der Waals surface area (Å²) in [6.45, 7) is 1.91. The lowest BCUT2D eigenvalue weighted by molar-refractivity contribution is -0.122. The van der Waals surface area contributed by atoms with Crippen molar-refractivity contribution >= 4 is 67.4 Å². The molecule has 4 amide bonds. The number of urea groups is 1. The number of carbonyl (C=O) groups is 4. The van der Waals surface area contributed by atoms with Gasteiger partial charge in [-0.25, -0.2) is 14.5 Å². The molecule has 4 rings (SSSR count). The van der Waals surface area contributed by atoms with Crippen LogP contribution in [-0.2, 0) is 20.7 Å². The third-order valence-electron chi connectivity index (χ3n) is 5.77. The fraction of sp³-hybridized carbons (Fsp3) is 0.143. The number of nitrogens with zero attached hydrogens (tertiary/aromatic N) is 1. The molecule has 0 aliphatic carbocycles. The number of nitrogens with one attached hydrogen (secondary N) is 1. The highest BCUT2D eigenvalue weighted by Gasteiger charge is 2.37. The number of imide groups is 2. The summed E-state index contributed by atoms with van der Waals surface area (Å²) in [5.41, 5.74) is 2.71. The van der Waals surface area contributed by atoms with Crippen LogP contribution in [-0.4, -0.2) is 37.5 Å². The maximum atomic E-state index is 13.3. The monoisotopic (exact) mass is 640 g/mol. The summed E-state index contributed by atoms with van der Waals surface area (Å²) >= 11 is 7.15. The fourth-order valence-electron chi connectivity index (χ4n) is 3.92. The number of halogens is 2. The number of carbonyl (C=O) groups excluding carboxylic acids is 4. The topological polar surface area (TPSA) is 102 Å². The standard InChI is InChI=1S/C28H22Br2N2O6/c1-3-38-27(35)17-8-10-19(11-9-17)32-26(34)21(25(33)31-28(32)36)12-16-13-23(30)20(24(14-16)37-2)15-18-6-4-5-7-22(18)29/h4-14H,3,15H2,1-2H3,(H,31,33,36)/b21-12+. The highest BCUT2D eigenvalue weighted by Crippen LogP contribution is 2.34. The Labute approximate surface area is 235 Å². The summed E-state index contributed by atoms with van der Waals surface area (Å²) in [5.74, 6) is -1.57. The van der Waals surface area contributed by atoms with E-state index in [4.69, 9.17) is 9.47 Å². The van der Waals surface area contributed by atoms with Crippen LogP contribution >= 0.6 is 31.9 Å². The zero-order chi connectivity index (χ0) is 27.4. The zero-order valence-electron chi connectivity index (χ0n) is 20.4. The first-order valence-corrected chi connectivity index (χ1v) is 13.1. The second kappa shape index (κ2) is 11.7. The van der Waals surface area contributed by atoms with Crippen molar-refractivity contribution < 1.29 is 28.7 Å². The molecule has 0 radical (unpaired) electrons. The number of rotatable bonds is 7. The van der Waals surface area contributed by atoms with Crippen molar-refractivity contribution in [1.82, 2.24) is 5.32 Å². The van der Waals surface area contributed by atoms with E-state index in [-0.39, 0.29) is 23.4 Å². The molecule has 1 fully saturated rings. The van der Waals surface area contributed by atoms with Crippen molar-refractivity contribution in [3.05, 3.63) is 97.4 Å². The maximum Gasteiger partial charge on any atom is 0.338 e. The smallest absolute Gasteiger partial charge is 0.338 e. The van der Waals surface area contributed by atoms with Crippen LogP contribution in [0.15, 0.2) is 75.2 Å². The quantitative estimate of drug-likeness (QED) is 0.203. The van der Waals surface area contributed by atoms with E-state index < -0.39 is 23.8 Å². The van der Waals surface area contributed by atoms with Gasteiger partial charge in [-0.15, -0.1) is 0 Å². The first-order chi connectivity index (χ1) is 18.2. The van der Waals surface area contributed by atoms with E-state index in [0.717, 1.165) is 25.0 Å². The molecular formula is C28H22Br2N2O6. The van der Waals surface area contributed by atoms with Crippen LogP contribution < -0.4 is 15.0 Å². The van der Waals surface area contributed by atoms with E-state index in [9.17, 15) is 19.2 Å². The summed E-state index contributed by atoms with van der Waals surface area (Å²) in [6, 6.07) is 16.2. The summed E-state index contributed by atoms with van der Waals surface area (Å²) in [5, 5.41) is 2.20. The number of benzene rings is 3. The Bertz CT molecular complexity index is 1470. The zero-order valence-corrected chi connectivity index (χ0v) is 23.6. The first-order valence-electron chi connectivity index (χ1n) is 11.5. The molecule has 0 atom stereocenters. The lowest BCUT2D eigenvalue weighted by atomic mass is 10.0. The molecule has 1 aliphatic heterocycles. The number of barbiturate groups is 1. The van der Waals surface area contributed by atoms with Gasteiger partial charge in [0.05, 0.1) is 25.0 Å². The lowest BCUT2D eigenvalue weighted by Crippen LogP contribution is -2.54. The van der Waals surface area contributed by atoms with Crippen LogP contribution in [0.25, 0.3) is 6.08 Å². The molecule has 3 aromatic carbocycles. The van der Waals surface area contributed by atoms with Gasteiger partial charge in [0.2, 0.25) is 0 Å². The number of ether oxygens (including phenoxy) is 2. The van der Waals surface area contributed by atoms with E-state index in [0.29, 0.717) is 17.7 Å². The van der Waals surface area contributed by atoms with Crippen molar-refractivity contribution in [2.45, 2.75) is 13.3 Å². The van der Waals surface area contributed by atoms with Crippen molar-refractivity contribution in [3.8, 4) is 5.75 Å². The molecule has 194 valence electrons. The van der Waals surface area contributed by atoms with E-state index in [1.165, 1.54) is 30.3 Å². The van der Waals surface area contributed by atoms with Gasteiger partial charge in [-0.3, -0.25) is 14.9 Å². The Morgan fingerprint density at radius 3 is 2.37 bits per heavy atom. The fourth-order valence-corrected chi connectivity index (χ4v) is 4.95. The molecule has 10 heteroatoms. The molecule has 8 nitrogen and oxygen atoms in total. The van der Waals surface area contributed by atoms with Gasteiger partial charge in [0, 0.05) is 20.9 Å². The molecule has 0 bridgehead atoms. The van der Waals surface area contributed by atoms with Gasteiger partial charge in [0.15, 0.2) is 0 Å². The Kier molecular flexibility index (Phi) is 8.43. The number of amides is 4. The SMILES string of the molecule is CCOC(=O)c1ccc(N2C(=O)NC(=O)/C(=C\c3cc(Br)c(Cc4ccccc4Br)c(OC)c3)C2=O)cc1. The second-order valence-corrected chi connectivity index (χ2v) is 9.89. The van der Waals surface area contributed by atoms with Crippen LogP contribution in [0.5, 0.6) is 5.75 Å². The highest BCUT2D eigenvalue weighted by atomic mass is 79.9. The van der Waals surface area contributed by atoms with E-state index >= 15 is 0 Å². The summed E-state index contributed by atoms with van der Waals surface area (Å²) in [6.07, 6.45) is 1.98. The predicted octanol–water partition coefficient (Wildman–Crippen LogP) is 5.65. The van der Waals surface area contributed by atoms with Gasteiger partial charge in [-0.2, -0.15) is 0 Å². The third kappa shape index (κ3) is 5.71. The maximum absolute atomic E-state index is 13.3. The van der Waals surface area contributed by atoms with Crippen molar-refractivity contribution in [2.75, 3.05) is 18.6 Å². The molecule has 38 heavy (non-hydrogen) atoms. The van der Waals surface area contributed by atoms with Gasteiger partial charge in [-0.05, 0) is 66.6 Å². The number of hydrogen-bond acceptors (Lipinski definition) is 6. The largest absolute Gasteiger partial charge is 0.496 e. The van der Waals surface area contributed by atoms with Gasteiger partial charge < -0.3 is 9.47 Å². The van der Waals surface area contributed by atoms with Gasteiger partial charge in [0.25, 0.3) is 11.8 Å². The predicted molar refractivity (Wildman–Crippen MR) is 149 cm³/mol. The molecule has 0 spiro atoms. The van der Waals surface area contributed by atoms with Crippen molar-refractivity contribution in [2.24, 2.45) is 0 Å². The average Bonchev–Trinajstić information content (AvgIpc) is 2.89. The molecule has 3 aromatic rings. The molecular weight excluding hydrogens is 620 g/mol. The van der Waals surface area contributed by atoms with Crippen LogP contribution in [0.1, 0.15) is 34.0 Å². The number of esters is 1. The molecule has 0 aromatic heterocycles. The first kappa shape index (κ1) is 27.3. The molecule has 1 N–H and O–H groups in total. The van der Waals surface area contributed by atoms with Gasteiger partial charge in [-0.1, -0.05) is 50.1 Å². The van der Waals surface area contributed by atoms with Crippen molar-refractivity contribution in [1.29, 1.82) is 0 Å². The molecule has 0 saturated carbocycles. The average molecular weight is 642 g/mol. The van der Waals surface area contributed by atoms with Crippen molar-refractivity contribution in [3.63, 3.8) is 0 Å². The Balaban J connectivity index is 1.66. The minimum atomic E-state index is -0.886. The Hall–Kier alpha value is -3.76. The second-order valence-electron chi connectivity index (χ2n) is 8.18.